The number of nitrogens with zero attached hydrogens (tertiary/aromatic N) is 1. The van der Waals surface area contributed by atoms with Crippen molar-refractivity contribution in [1.29, 1.82) is 0 Å². The molecule has 0 heterocycles. The van der Waals surface area contributed by atoms with Gasteiger partial charge in [0.05, 0.1) is 11.0 Å². The highest BCUT2D eigenvalue weighted by Crippen LogP contribution is 2.22. The SMILES string of the molecule is CNC(=O)C(C)(C)CNC(=O)c1cc(N)ccc1N(C)C. The highest BCUT2D eigenvalue weighted by Gasteiger charge is 2.27. The lowest BCUT2D eigenvalue weighted by Gasteiger charge is -2.24. The van der Waals surface area contributed by atoms with E-state index in [4.69, 9.17) is 5.73 Å². The number of anilines is 2. The molecule has 0 atom stereocenters. The number of benzene rings is 1. The Morgan fingerprint density at radius 1 is 1.29 bits per heavy atom. The second kappa shape index (κ2) is 6.47. The Labute approximate surface area is 125 Å². The van der Waals surface area contributed by atoms with E-state index in [9.17, 15) is 9.59 Å². The van der Waals surface area contributed by atoms with Crippen LogP contribution in [-0.2, 0) is 4.79 Å². The van der Waals surface area contributed by atoms with Crippen LogP contribution in [0.1, 0.15) is 24.2 Å². The number of hydrogen-bond acceptors (Lipinski definition) is 4. The molecule has 6 heteroatoms. The predicted molar refractivity (Wildman–Crippen MR) is 85.4 cm³/mol. The van der Waals surface area contributed by atoms with Crippen molar-refractivity contribution in [3.8, 4) is 0 Å². The summed E-state index contributed by atoms with van der Waals surface area (Å²) in [5, 5.41) is 5.38. The molecule has 116 valence electrons. The lowest BCUT2D eigenvalue weighted by molar-refractivity contribution is -0.128. The monoisotopic (exact) mass is 292 g/mol. The zero-order chi connectivity index (χ0) is 16.2. The van der Waals surface area contributed by atoms with Crippen LogP contribution in [0.15, 0.2) is 18.2 Å². The van der Waals surface area contributed by atoms with E-state index >= 15 is 0 Å². The highest BCUT2D eigenvalue weighted by atomic mass is 16.2. The van der Waals surface area contributed by atoms with Gasteiger partial charge in [-0.1, -0.05) is 0 Å². The van der Waals surface area contributed by atoms with Crippen molar-refractivity contribution in [1.82, 2.24) is 10.6 Å². The highest BCUT2D eigenvalue weighted by molar-refractivity contribution is 6.01. The van der Waals surface area contributed by atoms with Crippen molar-refractivity contribution >= 4 is 23.2 Å². The van der Waals surface area contributed by atoms with Crippen molar-refractivity contribution in [2.45, 2.75) is 13.8 Å². The number of rotatable bonds is 5. The van der Waals surface area contributed by atoms with Crippen LogP contribution in [0.3, 0.4) is 0 Å². The van der Waals surface area contributed by atoms with Gasteiger partial charge in [-0.2, -0.15) is 0 Å². The van der Waals surface area contributed by atoms with Gasteiger partial charge >= 0.3 is 0 Å². The lowest BCUT2D eigenvalue weighted by Crippen LogP contribution is -2.43. The van der Waals surface area contributed by atoms with E-state index in [0.29, 0.717) is 11.3 Å². The van der Waals surface area contributed by atoms with Crippen molar-refractivity contribution in [3.63, 3.8) is 0 Å². The van der Waals surface area contributed by atoms with Crippen LogP contribution in [0.5, 0.6) is 0 Å². The molecule has 0 bridgehead atoms. The van der Waals surface area contributed by atoms with Crippen LogP contribution in [0.2, 0.25) is 0 Å². The van der Waals surface area contributed by atoms with Gasteiger partial charge in [0, 0.05) is 39.1 Å². The summed E-state index contributed by atoms with van der Waals surface area (Å²) in [6, 6.07) is 5.19. The summed E-state index contributed by atoms with van der Waals surface area (Å²) >= 11 is 0. The Hall–Kier alpha value is -2.24. The van der Waals surface area contributed by atoms with E-state index in [2.05, 4.69) is 10.6 Å². The van der Waals surface area contributed by atoms with Crippen molar-refractivity contribution in [2.24, 2.45) is 5.41 Å². The molecule has 0 aliphatic carbocycles. The van der Waals surface area contributed by atoms with Gasteiger partial charge < -0.3 is 21.3 Å². The first-order chi connectivity index (χ1) is 9.69. The predicted octanol–water partition coefficient (Wildman–Crippen LogP) is 0.837. The Balaban J connectivity index is 2.90. The summed E-state index contributed by atoms with van der Waals surface area (Å²) in [7, 11) is 5.29. The summed E-state index contributed by atoms with van der Waals surface area (Å²) in [6.07, 6.45) is 0. The molecule has 1 rings (SSSR count). The maximum atomic E-state index is 12.4. The number of amides is 2. The average Bonchev–Trinajstić information content (AvgIpc) is 2.43. The zero-order valence-electron chi connectivity index (χ0n) is 13.3. The first-order valence-electron chi connectivity index (χ1n) is 6.76. The van der Waals surface area contributed by atoms with Crippen LogP contribution in [0.25, 0.3) is 0 Å². The average molecular weight is 292 g/mol. The molecule has 1 aromatic rings. The molecule has 0 saturated carbocycles. The topological polar surface area (TPSA) is 87.5 Å². The summed E-state index contributed by atoms with van der Waals surface area (Å²) < 4.78 is 0. The molecule has 0 saturated heterocycles. The number of carbonyl (C=O) groups excluding carboxylic acids is 2. The van der Waals surface area contributed by atoms with Crippen LogP contribution < -0.4 is 21.3 Å². The second-order valence-corrected chi connectivity index (χ2v) is 5.82. The van der Waals surface area contributed by atoms with Crippen molar-refractivity contribution in [2.75, 3.05) is 38.3 Å². The number of carbonyl (C=O) groups is 2. The first-order valence-corrected chi connectivity index (χ1v) is 6.76. The van der Waals surface area contributed by atoms with Crippen LogP contribution in [-0.4, -0.2) is 39.5 Å². The van der Waals surface area contributed by atoms with Crippen LogP contribution in [0.4, 0.5) is 11.4 Å². The summed E-state index contributed by atoms with van der Waals surface area (Å²) in [5.41, 5.74) is 6.87. The van der Waals surface area contributed by atoms with E-state index in [1.165, 1.54) is 0 Å². The molecule has 0 aliphatic rings. The van der Waals surface area contributed by atoms with Crippen LogP contribution in [0, 0.1) is 5.41 Å². The summed E-state index contributed by atoms with van der Waals surface area (Å²) in [6.45, 7) is 3.80. The molecule has 0 aliphatic heterocycles. The maximum Gasteiger partial charge on any atom is 0.253 e. The Kier molecular flexibility index (Phi) is 5.18. The third kappa shape index (κ3) is 4.11. The minimum atomic E-state index is -0.678. The normalized spacial score (nSPS) is 10.9. The van der Waals surface area contributed by atoms with E-state index < -0.39 is 5.41 Å². The molecule has 21 heavy (non-hydrogen) atoms. The molecule has 2 amide bonds. The van der Waals surface area contributed by atoms with E-state index in [0.717, 1.165) is 5.69 Å². The second-order valence-electron chi connectivity index (χ2n) is 5.82. The molecule has 6 nitrogen and oxygen atoms in total. The fourth-order valence-corrected chi connectivity index (χ4v) is 1.94. The quantitative estimate of drug-likeness (QED) is 0.702. The van der Waals surface area contributed by atoms with Gasteiger partial charge in [-0.3, -0.25) is 9.59 Å². The third-order valence-corrected chi connectivity index (χ3v) is 3.28. The minimum Gasteiger partial charge on any atom is -0.399 e. The van der Waals surface area contributed by atoms with Gasteiger partial charge in [0.15, 0.2) is 0 Å². The first kappa shape index (κ1) is 16.8. The number of nitrogens with one attached hydrogen (secondary N) is 2. The van der Waals surface area contributed by atoms with Crippen molar-refractivity contribution in [3.05, 3.63) is 23.8 Å². The molecule has 0 spiro atoms. The van der Waals surface area contributed by atoms with Crippen LogP contribution >= 0.6 is 0 Å². The van der Waals surface area contributed by atoms with Gasteiger partial charge in [0.2, 0.25) is 5.91 Å². The Morgan fingerprint density at radius 2 is 1.90 bits per heavy atom. The molecule has 0 unspecified atom stereocenters. The molecule has 0 radical (unpaired) electrons. The Bertz CT molecular complexity index is 538. The van der Waals surface area contributed by atoms with E-state index in [1.54, 1.807) is 39.1 Å². The van der Waals surface area contributed by atoms with Gasteiger partial charge in [0.25, 0.3) is 5.91 Å². The van der Waals surface area contributed by atoms with Crippen molar-refractivity contribution < 1.29 is 9.59 Å². The lowest BCUT2D eigenvalue weighted by atomic mass is 9.92. The van der Waals surface area contributed by atoms with Gasteiger partial charge in [-0.25, -0.2) is 0 Å². The van der Waals surface area contributed by atoms with Gasteiger partial charge in [-0.15, -0.1) is 0 Å². The molecular weight excluding hydrogens is 268 g/mol. The fourth-order valence-electron chi connectivity index (χ4n) is 1.94. The molecular formula is C15H24N4O2. The maximum absolute atomic E-state index is 12.4. The number of nitrogen functional groups attached to an aromatic ring is 1. The standard InChI is InChI=1S/C15H24N4O2/c1-15(2,14(21)17-3)9-18-13(20)11-8-10(16)6-7-12(11)19(4)5/h6-8H,9,16H2,1-5H3,(H,17,21)(H,18,20). The van der Waals surface area contributed by atoms with Gasteiger partial charge in [0.1, 0.15) is 0 Å². The smallest absolute Gasteiger partial charge is 0.253 e. The molecule has 4 N–H and O–H groups in total. The molecule has 1 aromatic carbocycles. The third-order valence-electron chi connectivity index (χ3n) is 3.28. The van der Waals surface area contributed by atoms with Gasteiger partial charge in [-0.05, 0) is 32.0 Å². The molecule has 0 fully saturated rings. The molecule has 0 aromatic heterocycles. The minimum absolute atomic E-state index is 0.122. The zero-order valence-corrected chi connectivity index (χ0v) is 13.3. The summed E-state index contributed by atoms with van der Waals surface area (Å²) in [5.74, 6) is -0.369. The fraction of sp³-hybridized carbons (Fsp3) is 0.467. The number of hydrogen-bond donors (Lipinski definition) is 3. The number of nitrogens with two attached hydrogens (primary N) is 1. The Morgan fingerprint density at radius 3 is 2.43 bits per heavy atom. The van der Waals surface area contributed by atoms with E-state index in [-0.39, 0.29) is 18.4 Å². The largest absolute Gasteiger partial charge is 0.399 e. The summed E-state index contributed by atoms with van der Waals surface area (Å²) in [4.78, 5) is 25.9. The van der Waals surface area contributed by atoms with E-state index in [1.807, 2.05) is 19.0 Å².